The fraction of sp³-hybridized carbons (Fsp3) is 0.111. The van der Waals surface area contributed by atoms with E-state index in [0.717, 1.165) is 5.56 Å². The number of nitrogens with two attached hydrogens (primary N) is 1. The molecule has 2 aromatic rings. The molecular weight excluding hydrogens is 183 g/mol. The number of rotatable bonds is 2. The molecule has 0 unspecified atom stereocenters. The van der Waals surface area contributed by atoms with Crippen molar-refractivity contribution in [2.24, 2.45) is 0 Å². The normalized spacial score (nSPS) is 10.4. The predicted molar refractivity (Wildman–Crippen MR) is 49.9 cm³/mol. The van der Waals surface area contributed by atoms with Crippen LogP contribution in [0.3, 0.4) is 0 Å². The lowest BCUT2D eigenvalue weighted by atomic mass is 10.2. The molecule has 0 atom stereocenters. The SMILES string of the molecule is Nc1ccc(Cn2cncn2)cc1F. The van der Waals surface area contributed by atoms with Gasteiger partial charge in [0.15, 0.2) is 0 Å². The van der Waals surface area contributed by atoms with E-state index in [-0.39, 0.29) is 5.69 Å². The van der Waals surface area contributed by atoms with Gasteiger partial charge in [-0.15, -0.1) is 0 Å². The van der Waals surface area contributed by atoms with E-state index < -0.39 is 5.82 Å². The van der Waals surface area contributed by atoms with Gasteiger partial charge in [0.2, 0.25) is 0 Å². The summed E-state index contributed by atoms with van der Waals surface area (Å²) in [5, 5.41) is 3.92. The summed E-state index contributed by atoms with van der Waals surface area (Å²) in [5.41, 5.74) is 6.32. The van der Waals surface area contributed by atoms with Gasteiger partial charge in [-0.1, -0.05) is 6.07 Å². The van der Waals surface area contributed by atoms with Crippen LogP contribution in [0.2, 0.25) is 0 Å². The van der Waals surface area contributed by atoms with Crippen molar-refractivity contribution < 1.29 is 4.39 Å². The zero-order valence-electron chi connectivity index (χ0n) is 7.39. The molecule has 0 spiro atoms. The Labute approximate surface area is 80.2 Å². The van der Waals surface area contributed by atoms with Crippen molar-refractivity contribution in [3.8, 4) is 0 Å². The third-order valence-electron chi connectivity index (χ3n) is 1.88. The van der Waals surface area contributed by atoms with E-state index in [1.54, 1.807) is 23.1 Å². The molecule has 4 nitrogen and oxygen atoms in total. The first-order valence-corrected chi connectivity index (χ1v) is 4.12. The summed E-state index contributed by atoms with van der Waals surface area (Å²) in [7, 11) is 0. The summed E-state index contributed by atoms with van der Waals surface area (Å²) < 4.78 is 14.7. The summed E-state index contributed by atoms with van der Waals surface area (Å²) in [6.45, 7) is 0.497. The Bertz CT molecular complexity index is 424. The van der Waals surface area contributed by atoms with Gasteiger partial charge in [0.05, 0.1) is 12.2 Å². The maximum Gasteiger partial charge on any atom is 0.146 e. The van der Waals surface area contributed by atoms with Crippen molar-refractivity contribution in [2.45, 2.75) is 6.54 Å². The molecule has 1 aromatic carbocycles. The van der Waals surface area contributed by atoms with Gasteiger partial charge in [-0.25, -0.2) is 14.1 Å². The second-order valence-corrected chi connectivity index (χ2v) is 2.95. The summed E-state index contributed by atoms with van der Waals surface area (Å²) in [4.78, 5) is 3.79. The Hall–Kier alpha value is -1.91. The zero-order valence-corrected chi connectivity index (χ0v) is 7.39. The number of benzene rings is 1. The second kappa shape index (κ2) is 3.45. The summed E-state index contributed by atoms with van der Waals surface area (Å²) in [6.07, 6.45) is 3.02. The molecule has 72 valence electrons. The van der Waals surface area contributed by atoms with Crippen LogP contribution in [0.4, 0.5) is 10.1 Å². The minimum Gasteiger partial charge on any atom is -0.396 e. The van der Waals surface area contributed by atoms with Crippen LogP contribution in [0.25, 0.3) is 0 Å². The molecule has 0 aliphatic heterocycles. The molecule has 0 saturated heterocycles. The van der Waals surface area contributed by atoms with Crippen LogP contribution < -0.4 is 5.73 Å². The number of nitrogen functional groups attached to an aromatic ring is 1. The number of nitrogens with zero attached hydrogens (tertiary/aromatic N) is 3. The van der Waals surface area contributed by atoms with E-state index in [2.05, 4.69) is 10.1 Å². The molecule has 5 heteroatoms. The van der Waals surface area contributed by atoms with Gasteiger partial charge in [0.1, 0.15) is 18.5 Å². The molecule has 1 aromatic heterocycles. The van der Waals surface area contributed by atoms with Gasteiger partial charge in [-0.05, 0) is 17.7 Å². The quantitative estimate of drug-likeness (QED) is 0.723. The molecule has 0 amide bonds. The lowest BCUT2D eigenvalue weighted by molar-refractivity contribution is 0.623. The fourth-order valence-electron chi connectivity index (χ4n) is 1.17. The van der Waals surface area contributed by atoms with Crippen molar-refractivity contribution in [1.82, 2.24) is 14.8 Å². The van der Waals surface area contributed by atoms with Crippen LogP contribution in [0.1, 0.15) is 5.56 Å². The maximum atomic E-state index is 13.0. The molecule has 14 heavy (non-hydrogen) atoms. The number of aromatic nitrogens is 3. The first-order valence-electron chi connectivity index (χ1n) is 4.12. The highest BCUT2D eigenvalue weighted by Gasteiger charge is 2.00. The highest BCUT2D eigenvalue weighted by atomic mass is 19.1. The van der Waals surface area contributed by atoms with Gasteiger partial charge in [0.25, 0.3) is 0 Å². The molecule has 0 aliphatic rings. The van der Waals surface area contributed by atoms with Gasteiger partial charge < -0.3 is 5.73 Å². The molecule has 0 radical (unpaired) electrons. The average molecular weight is 192 g/mol. The number of anilines is 1. The van der Waals surface area contributed by atoms with Crippen LogP contribution in [0.15, 0.2) is 30.9 Å². The van der Waals surface area contributed by atoms with Gasteiger partial charge in [-0.2, -0.15) is 5.10 Å². The van der Waals surface area contributed by atoms with Crippen molar-refractivity contribution in [1.29, 1.82) is 0 Å². The van der Waals surface area contributed by atoms with Crippen molar-refractivity contribution in [3.05, 3.63) is 42.2 Å². The fourth-order valence-corrected chi connectivity index (χ4v) is 1.17. The lowest BCUT2D eigenvalue weighted by Crippen LogP contribution is -2.01. The van der Waals surface area contributed by atoms with Crippen molar-refractivity contribution in [3.63, 3.8) is 0 Å². The highest BCUT2D eigenvalue weighted by Crippen LogP contribution is 2.12. The monoisotopic (exact) mass is 192 g/mol. The number of halogens is 1. The maximum absolute atomic E-state index is 13.0. The Morgan fingerprint density at radius 1 is 1.43 bits per heavy atom. The first-order chi connectivity index (χ1) is 6.75. The van der Waals surface area contributed by atoms with Crippen LogP contribution in [-0.4, -0.2) is 14.8 Å². The molecule has 0 saturated carbocycles. The molecule has 0 fully saturated rings. The molecule has 0 bridgehead atoms. The smallest absolute Gasteiger partial charge is 0.146 e. The average Bonchev–Trinajstić information content (AvgIpc) is 2.64. The highest BCUT2D eigenvalue weighted by molar-refractivity contribution is 5.41. The molecule has 1 heterocycles. The van der Waals surface area contributed by atoms with Crippen molar-refractivity contribution >= 4 is 5.69 Å². The van der Waals surface area contributed by atoms with E-state index in [4.69, 9.17) is 5.73 Å². The third-order valence-corrected chi connectivity index (χ3v) is 1.88. The minimum atomic E-state index is -0.400. The van der Waals surface area contributed by atoms with E-state index in [9.17, 15) is 4.39 Å². The van der Waals surface area contributed by atoms with Crippen LogP contribution in [-0.2, 0) is 6.54 Å². The van der Waals surface area contributed by atoms with Crippen molar-refractivity contribution in [2.75, 3.05) is 5.73 Å². The molecule has 2 N–H and O–H groups in total. The Morgan fingerprint density at radius 3 is 2.93 bits per heavy atom. The zero-order chi connectivity index (χ0) is 9.97. The summed E-state index contributed by atoms with van der Waals surface area (Å²) >= 11 is 0. The van der Waals surface area contributed by atoms with Gasteiger partial charge >= 0.3 is 0 Å². The largest absolute Gasteiger partial charge is 0.396 e. The number of hydrogen-bond acceptors (Lipinski definition) is 3. The predicted octanol–water partition coefficient (Wildman–Crippen LogP) is 1.05. The van der Waals surface area contributed by atoms with E-state index in [0.29, 0.717) is 6.54 Å². The Morgan fingerprint density at radius 2 is 2.29 bits per heavy atom. The summed E-state index contributed by atoms with van der Waals surface area (Å²) in [5.74, 6) is -0.400. The van der Waals surface area contributed by atoms with Gasteiger partial charge in [-0.3, -0.25) is 0 Å². The molecular formula is C9H9FN4. The van der Waals surface area contributed by atoms with E-state index in [1.807, 2.05) is 0 Å². The third kappa shape index (κ3) is 1.71. The van der Waals surface area contributed by atoms with Gasteiger partial charge in [0, 0.05) is 0 Å². The Balaban J connectivity index is 2.22. The van der Waals surface area contributed by atoms with E-state index in [1.165, 1.54) is 12.4 Å². The van der Waals surface area contributed by atoms with E-state index >= 15 is 0 Å². The molecule has 2 rings (SSSR count). The molecule has 0 aliphatic carbocycles. The number of hydrogen-bond donors (Lipinski definition) is 1. The summed E-state index contributed by atoms with van der Waals surface area (Å²) in [6, 6.07) is 4.71. The topological polar surface area (TPSA) is 56.7 Å². The van der Waals surface area contributed by atoms with Crippen LogP contribution >= 0.6 is 0 Å². The minimum absolute atomic E-state index is 0.160. The van der Waals surface area contributed by atoms with Crippen LogP contribution in [0, 0.1) is 5.82 Å². The first kappa shape index (κ1) is 8.68. The van der Waals surface area contributed by atoms with Crippen LogP contribution in [0.5, 0.6) is 0 Å². The Kier molecular flexibility index (Phi) is 2.14. The lowest BCUT2D eigenvalue weighted by Gasteiger charge is -2.02. The standard InChI is InChI=1S/C9H9FN4/c10-8-3-7(1-2-9(8)11)4-14-6-12-5-13-14/h1-3,5-6H,4,11H2. The second-order valence-electron chi connectivity index (χ2n) is 2.95.